The van der Waals surface area contributed by atoms with Crippen molar-refractivity contribution in [1.29, 1.82) is 0 Å². The molecule has 2 aliphatic heterocycles. The molecule has 2 saturated heterocycles. The van der Waals surface area contributed by atoms with Crippen LogP contribution in [-0.4, -0.2) is 78.1 Å². The molecule has 3 N–H and O–H groups in total. The highest BCUT2D eigenvalue weighted by Gasteiger charge is 2.45. The summed E-state index contributed by atoms with van der Waals surface area (Å²) in [4.78, 5) is 35.1. The quantitative estimate of drug-likeness (QED) is 0.731. The molecule has 0 saturated carbocycles. The van der Waals surface area contributed by atoms with E-state index in [-0.39, 0.29) is 11.8 Å². The summed E-state index contributed by atoms with van der Waals surface area (Å²) in [5, 5.41) is 3.69. The summed E-state index contributed by atoms with van der Waals surface area (Å²) >= 11 is 1.61. The normalized spacial score (nSPS) is 25.3. The van der Waals surface area contributed by atoms with Crippen molar-refractivity contribution in [2.24, 2.45) is 11.7 Å². The first-order chi connectivity index (χ1) is 14.0. The third-order valence-electron chi connectivity index (χ3n) is 6.56. The van der Waals surface area contributed by atoms with Crippen molar-refractivity contribution in [1.82, 2.24) is 14.8 Å². The maximum Gasteiger partial charge on any atom is 0.240 e. The van der Waals surface area contributed by atoms with Crippen LogP contribution >= 0.6 is 11.3 Å². The van der Waals surface area contributed by atoms with E-state index in [2.05, 4.69) is 27.0 Å². The third kappa shape index (κ3) is 4.47. The van der Waals surface area contributed by atoms with Crippen LogP contribution in [0.5, 0.6) is 0 Å². The molecule has 29 heavy (non-hydrogen) atoms. The molecule has 1 aromatic heterocycles. The predicted octanol–water partition coefficient (Wildman–Crippen LogP) is 0.859. The van der Waals surface area contributed by atoms with Gasteiger partial charge in [0.05, 0.1) is 25.5 Å². The minimum atomic E-state index is -0.609. The van der Waals surface area contributed by atoms with Gasteiger partial charge in [0.1, 0.15) is 5.54 Å². The Balaban J connectivity index is 1.31. The molecular weight excluding hydrogens is 390 g/mol. The van der Waals surface area contributed by atoms with Gasteiger partial charge in [0, 0.05) is 31.1 Å². The number of carbonyl (C=O) groups excluding carboxylic acids is 2. The largest absolute Gasteiger partial charge is 0.379 e. The van der Waals surface area contributed by atoms with Gasteiger partial charge in [-0.25, -0.2) is 4.98 Å². The summed E-state index contributed by atoms with van der Waals surface area (Å²) in [5.74, 6) is 0.394. The molecular formula is C20H31N5O3S. The second kappa shape index (κ2) is 8.67. The molecule has 0 spiro atoms. The van der Waals surface area contributed by atoms with Gasteiger partial charge in [-0.3, -0.25) is 19.4 Å². The molecule has 2 fully saturated rings. The Morgan fingerprint density at radius 1 is 1.28 bits per heavy atom. The number of hydrogen-bond donors (Lipinski definition) is 2. The summed E-state index contributed by atoms with van der Waals surface area (Å²) in [6.45, 7) is 6.68. The van der Waals surface area contributed by atoms with Crippen molar-refractivity contribution in [3.05, 3.63) is 10.6 Å². The number of nitrogens with one attached hydrogen (secondary N) is 1. The molecule has 3 aliphatic rings. The molecule has 0 radical (unpaired) electrons. The molecule has 4 rings (SSSR count). The van der Waals surface area contributed by atoms with Crippen molar-refractivity contribution >= 4 is 28.3 Å². The number of anilines is 1. The monoisotopic (exact) mass is 421 g/mol. The van der Waals surface area contributed by atoms with Gasteiger partial charge >= 0.3 is 0 Å². The molecule has 9 heteroatoms. The summed E-state index contributed by atoms with van der Waals surface area (Å²) in [5.41, 5.74) is 6.36. The van der Waals surface area contributed by atoms with E-state index in [4.69, 9.17) is 10.5 Å². The molecule has 0 unspecified atom stereocenters. The molecule has 160 valence electrons. The topological polar surface area (TPSA) is 101 Å². The summed E-state index contributed by atoms with van der Waals surface area (Å²) in [6.07, 6.45) is 4.54. The second-order valence-corrected chi connectivity index (χ2v) is 9.64. The van der Waals surface area contributed by atoms with Gasteiger partial charge in [0.15, 0.2) is 5.13 Å². The van der Waals surface area contributed by atoms with E-state index in [1.807, 2.05) is 0 Å². The fraction of sp³-hybridized carbons (Fsp3) is 0.750. The Labute approximate surface area is 175 Å². The highest BCUT2D eigenvalue weighted by Crippen LogP contribution is 2.32. The Bertz CT molecular complexity index is 753. The van der Waals surface area contributed by atoms with E-state index >= 15 is 0 Å². The zero-order chi connectivity index (χ0) is 20.4. The van der Waals surface area contributed by atoms with E-state index in [1.165, 1.54) is 11.3 Å². The number of amides is 2. The van der Waals surface area contributed by atoms with Crippen molar-refractivity contribution in [3.8, 4) is 0 Å². The molecule has 2 amide bonds. The first-order valence-electron chi connectivity index (χ1n) is 10.6. The van der Waals surface area contributed by atoms with Crippen molar-refractivity contribution in [2.75, 3.05) is 51.3 Å². The summed E-state index contributed by atoms with van der Waals surface area (Å²) < 4.78 is 5.42. The third-order valence-corrected chi connectivity index (χ3v) is 7.59. The van der Waals surface area contributed by atoms with Crippen LogP contribution in [0.3, 0.4) is 0 Å². The Kier molecular flexibility index (Phi) is 6.19. The van der Waals surface area contributed by atoms with Crippen molar-refractivity contribution in [2.45, 2.75) is 44.6 Å². The Morgan fingerprint density at radius 2 is 2.00 bits per heavy atom. The number of morpholine rings is 1. The maximum absolute atomic E-state index is 12.6. The lowest BCUT2D eigenvalue weighted by atomic mass is 9.84. The summed E-state index contributed by atoms with van der Waals surface area (Å²) in [7, 11) is 0. The zero-order valence-corrected chi connectivity index (χ0v) is 17.9. The van der Waals surface area contributed by atoms with Crippen molar-refractivity contribution in [3.63, 3.8) is 0 Å². The number of likely N-dealkylation sites (tertiary alicyclic amines) is 1. The lowest BCUT2D eigenvalue weighted by Crippen LogP contribution is -2.64. The Morgan fingerprint density at radius 3 is 2.69 bits per heavy atom. The number of nitrogens with two attached hydrogens (primary N) is 1. The van der Waals surface area contributed by atoms with Gasteiger partial charge in [0.25, 0.3) is 0 Å². The van der Waals surface area contributed by atoms with E-state index in [0.29, 0.717) is 56.7 Å². The minimum absolute atomic E-state index is 0.0397. The SMILES string of the molecule is C[C@H]1CCc2nc(NC(=O)CN3CCC(C(N)=O)(N4CCOCC4)CC3)sc2C1. The average molecular weight is 422 g/mol. The molecule has 1 aliphatic carbocycles. The Hall–Kier alpha value is -1.55. The fourth-order valence-corrected chi connectivity index (χ4v) is 5.93. The standard InChI is InChI=1S/C20H31N5O3S/c1-14-2-3-15-16(12-14)29-19(22-15)23-17(26)13-24-6-4-20(5-7-24,18(21)27)25-8-10-28-11-9-25/h14H,2-13H2,1H3,(H2,21,27)(H,22,23,26)/t14-/m0/s1. The number of aryl methyl sites for hydroxylation is 1. The van der Waals surface area contributed by atoms with Crippen LogP contribution in [0.15, 0.2) is 0 Å². The molecule has 3 heterocycles. The zero-order valence-electron chi connectivity index (χ0n) is 17.1. The number of primary amides is 1. The average Bonchev–Trinajstić information content (AvgIpc) is 3.10. The number of aromatic nitrogens is 1. The molecule has 1 atom stereocenters. The van der Waals surface area contributed by atoms with Crippen LogP contribution in [0.1, 0.15) is 36.8 Å². The second-order valence-electron chi connectivity index (χ2n) is 8.56. The fourth-order valence-electron chi connectivity index (χ4n) is 4.75. The molecule has 8 nitrogen and oxygen atoms in total. The lowest BCUT2D eigenvalue weighted by Gasteiger charge is -2.47. The van der Waals surface area contributed by atoms with E-state index < -0.39 is 5.54 Å². The van der Waals surface area contributed by atoms with E-state index in [9.17, 15) is 9.59 Å². The number of fused-ring (bicyclic) bond motifs is 1. The minimum Gasteiger partial charge on any atom is -0.379 e. The number of ether oxygens (including phenoxy) is 1. The van der Waals surface area contributed by atoms with Gasteiger partial charge in [-0.05, 0) is 38.0 Å². The number of thiazole rings is 1. The van der Waals surface area contributed by atoms with Crippen molar-refractivity contribution < 1.29 is 14.3 Å². The van der Waals surface area contributed by atoms with Crippen LogP contribution in [0, 0.1) is 5.92 Å². The number of rotatable bonds is 5. The number of hydrogen-bond acceptors (Lipinski definition) is 7. The van der Waals surface area contributed by atoms with Crippen LogP contribution in [0.25, 0.3) is 0 Å². The maximum atomic E-state index is 12.6. The van der Waals surface area contributed by atoms with Crippen LogP contribution < -0.4 is 11.1 Å². The van der Waals surface area contributed by atoms with Crippen LogP contribution in [-0.2, 0) is 27.2 Å². The smallest absolute Gasteiger partial charge is 0.240 e. The lowest BCUT2D eigenvalue weighted by molar-refractivity contribution is -0.138. The number of nitrogens with zero attached hydrogens (tertiary/aromatic N) is 3. The number of carbonyl (C=O) groups is 2. The highest BCUT2D eigenvalue weighted by atomic mass is 32.1. The van der Waals surface area contributed by atoms with Gasteiger partial charge in [-0.2, -0.15) is 0 Å². The van der Waals surface area contributed by atoms with Crippen LogP contribution in [0.2, 0.25) is 0 Å². The molecule has 1 aromatic rings. The van der Waals surface area contributed by atoms with Crippen LogP contribution in [0.4, 0.5) is 5.13 Å². The molecule has 0 bridgehead atoms. The van der Waals surface area contributed by atoms with Gasteiger partial charge < -0.3 is 15.8 Å². The van der Waals surface area contributed by atoms with Gasteiger partial charge in [-0.15, -0.1) is 11.3 Å². The van der Waals surface area contributed by atoms with Gasteiger partial charge in [0.2, 0.25) is 11.8 Å². The van der Waals surface area contributed by atoms with E-state index in [1.54, 1.807) is 11.3 Å². The first-order valence-corrected chi connectivity index (χ1v) is 11.4. The highest BCUT2D eigenvalue weighted by molar-refractivity contribution is 7.15. The van der Waals surface area contributed by atoms with E-state index in [0.717, 1.165) is 31.6 Å². The molecule has 0 aromatic carbocycles. The van der Waals surface area contributed by atoms with Gasteiger partial charge in [-0.1, -0.05) is 6.92 Å². The summed E-state index contributed by atoms with van der Waals surface area (Å²) in [6, 6.07) is 0. The predicted molar refractivity (Wildman–Crippen MR) is 112 cm³/mol. The first kappa shape index (κ1) is 20.7. The number of piperidine rings is 1.